The zero-order valence-corrected chi connectivity index (χ0v) is 11.5. The van der Waals surface area contributed by atoms with Crippen LogP contribution in [0.4, 0.5) is 17.1 Å². The second-order valence-corrected chi connectivity index (χ2v) is 4.50. The van der Waals surface area contributed by atoms with Crippen molar-refractivity contribution in [2.75, 3.05) is 11.1 Å². The predicted molar refractivity (Wildman–Crippen MR) is 81.3 cm³/mol. The molecule has 6 heteroatoms. The Morgan fingerprint density at radius 2 is 2.00 bits per heavy atom. The molecule has 0 unspecified atom stereocenters. The third-order valence-corrected chi connectivity index (χ3v) is 3.12. The van der Waals surface area contributed by atoms with Crippen LogP contribution in [0.1, 0.15) is 22.8 Å². The van der Waals surface area contributed by atoms with E-state index in [1.54, 1.807) is 6.07 Å². The number of benzene rings is 2. The normalized spacial score (nSPS) is 10.1. The van der Waals surface area contributed by atoms with Crippen molar-refractivity contribution in [3.05, 3.63) is 63.7 Å². The van der Waals surface area contributed by atoms with Gasteiger partial charge in [0, 0.05) is 11.8 Å². The third kappa shape index (κ3) is 3.17. The maximum Gasteiger partial charge on any atom is 0.292 e. The summed E-state index contributed by atoms with van der Waals surface area (Å²) in [6.45, 7) is 2.01. The predicted octanol–water partition coefficient (Wildman–Crippen LogP) is 2.99. The number of nitrogens with zero attached hydrogens (tertiary/aromatic N) is 1. The van der Waals surface area contributed by atoms with Gasteiger partial charge in [0.05, 0.1) is 10.5 Å². The van der Waals surface area contributed by atoms with Gasteiger partial charge in [0.25, 0.3) is 11.6 Å². The summed E-state index contributed by atoms with van der Waals surface area (Å²) in [5.74, 6) is -0.468. The summed E-state index contributed by atoms with van der Waals surface area (Å²) in [6, 6.07) is 11.6. The van der Waals surface area contributed by atoms with Gasteiger partial charge < -0.3 is 11.1 Å². The lowest BCUT2D eigenvalue weighted by Crippen LogP contribution is -2.15. The first kappa shape index (κ1) is 14.5. The number of hydrogen-bond donors (Lipinski definition) is 2. The number of nitro benzene ring substituents is 1. The van der Waals surface area contributed by atoms with Crippen LogP contribution in [0.3, 0.4) is 0 Å². The fourth-order valence-electron chi connectivity index (χ4n) is 1.98. The number of carbonyl (C=O) groups excluding carboxylic acids is 1. The molecule has 0 fully saturated rings. The number of nitrogens with two attached hydrogens (primary N) is 1. The van der Waals surface area contributed by atoms with Gasteiger partial charge in [-0.2, -0.15) is 0 Å². The van der Waals surface area contributed by atoms with Crippen LogP contribution in [0.15, 0.2) is 42.5 Å². The summed E-state index contributed by atoms with van der Waals surface area (Å²) in [6.07, 6.45) is 0.850. The molecule has 2 aromatic rings. The minimum atomic E-state index is -0.607. The van der Waals surface area contributed by atoms with Gasteiger partial charge in [-0.05, 0) is 30.2 Å². The van der Waals surface area contributed by atoms with E-state index in [1.165, 1.54) is 18.2 Å². The molecule has 0 aliphatic carbocycles. The Hall–Kier alpha value is -2.89. The standard InChI is InChI=1S/C15H15N3O3/c1-2-10-5-3-6-11(9-10)17-15(19)12-7-4-8-13(14(12)16)18(20)21/h3-9H,2,16H2,1H3,(H,17,19). The van der Waals surface area contributed by atoms with Crippen molar-refractivity contribution in [1.82, 2.24) is 0 Å². The van der Waals surface area contributed by atoms with E-state index in [2.05, 4.69) is 5.32 Å². The van der Waals surface area contributed by atoms with Crippen molar-refractivity contribution in [2.45, 2.75) is 13.3 Å². The average molecular weight is 285 g/mol. The van der Waals surface area contributed by atoms with Crippen molar-refractivity contribution in [3.63, 3.8) is 0 Å². The van der Waals surface area contributed by atoms with Crippen LogP contribution in [0.2, 0.25) is 0 Å². The number of carbonyl (C=O) groups is 1. The zero-order chi connectivity index (χ0) is 15.4. The average Bonchev–Trinajstić information content (AvgIpc) is 2.47. The van der Waals surface area contributed by atoms with Gasteiger partial charge in [0.15, 0.2) is 0 Å². The van der Waals surface area contributed by atoms with Gasteiger partial charge in [-0.15, -0.1) is 0 Å². The van der Waals surface area contributed by atoms with Crippen molar-refractivity contribution < 1.29 is 9.72 Å². The van der Waals surface area contributed by atoms with Gasteiger partial charge in [-0.3, -0.25) is 14.9 Å². The Morgan fingerprint density at radius 1 is 1.29 bits per heavy atom. The van der Waals surface area contributed by atoms with E-state index in [9.17, 15) is 14.9 Å². The molecule has 6 nitrogen and oxygen atoms in total. The van der Waals surface area contributed by atoms with Gasteiger partial charge >= 0.3 is 0 Å². The van der Waals surface area contributed by atoms with Crippen molar-refractivity contribution >= 4 is 23.0 Å². The topological polar surface area (TPSA) is 98.3 Å². The Balaban J connectivity index is 2.28. The fourth-order valence-corrected chi connectivity index (χ4v) is 1.98. The molecule has 108 valence electrons. The number of nitrogen functional groups attached to an aromatic ring is 1. The summed E-state index contributed by atoms with van der Waals surface area (Å²) < 4.78 is 0. The summed E-state index contributed by atoms with van der Waals surface area (Å²) in [7, 11) is 0. The Kier molecular flexibility index (Phi) is 4.18. The second kappa shape index (κ2) is 6.04. The highest BCUT2D eigenvalue weighted by Crippen LogP contribution is 2.25. The number of para-hydroxylation sites is 1. The van der Waals surface area contributed by atoms with Crippen LogP contribution >= 0.6 is 0 Å². The molecular weight excluding hydrogens is 270 g/mol. The SMILES string of the molecule is CCc1cccc(NC(=O)c2cccc([N+](=O)[O-])c2N)c1. The van der Waals surface area contributed by atoms with Crippen molar-refractivity contribution in [2.24, 2.45) is 0 Å². The Labute approximate surface area is 121 Å². The summed E-state index contributed by atoms with van der Waals surface area (Å²) in [5.41, 5.74) is 7.09. The lowest BCUT2D eigenvalue weighted by molar-refractivity contribution is -0.383. The first-order valence-electron chi connectivity index (χ1n) is 6.46. The molecule has 0 spiro atoms. The van der Waals surface area contributed by atoms with Crippen LogP contribution in [-0.4, -0.2) is 10.8 Å². The fraction of sp³-hybridized carbons (Fsp3) is 0.133. The molecule has 0 aliphatic rings. The Bertz CT molecular complexity index is 698. The number of nitro groups is 1. The number of rotatable bonds is 4. The third-order valence-electron chi connectivity index (χ3n) is 3.12. The van der Waals surface area contributed by atoms with Crippen molar-refractivity contribution in [1.29, 1.82) is 0 Å². The highest BCUT2D eigenvalue weighted by molar-refractivity contribution is 6.08. The van der Waals surface area contributed by atoms with Gasteiger partial charge in [-0.25, -0.2) is 0 Å². The highest BCUT2D eigenvalue weighted by atomic mass is 16.6. The minimum absolute atomic E-state index is 0.0890. The lowest BCUT2D eigenvalue weighted by atomic mass is 10.1. The number of aryl methyl sites for hydroxylation is 1. The van der Waals surface area contributed by atoms with Crippen LogP contribution in [0, 0.1) is 10.1 Å². The quantitative estimate of drug-likeness (QED) is 0.512. The summed E-state index contributed by atoms with van der Waals surface area (Å²) >= 11 is 0. The van der Waals surface area contributed by atoms with Gasteiger partial charge in [0.2, 0.25) is 0 Å². The van der Waals surface area contributed by atoms with Crippen LogP contribution in [0.5, 0.6) is 0 Å². The van der Waals surface area contributed by atoms with E-state index in [0.717, 1.165) is 12.0 Å². The smallest absolute Gasteiger partial charge is 0.292 e. The summed E-state index contributed by atoms with van der Waals surface area (Å²) in [4.78, 5) is 22.4. The molecule has 0 atom stereocenters. The highest BCUT2D eigenvalue weighted by Gasteiger charge is 2.18. The largest absolute Gasteiger partial charge is 0.393 e. The van der Waals surface area contributed by atoms with E-state index in [0.29, 0.717) is 5.69 Å². The monoisotopic (exact) mass is 285 g/mol. The molecule has 3 N–H and O–H groups in total. The number of anilines is 2. The molecule has 0 heterocycles. The molecule has 0 bridgehead atoms. The molecule has 0 saturated heterocycles. The molecular formula is C15H15N3O3. The molecule has 21 heavy (non-hydrogen) atoms. The number of hydrogen-bond acceptors (Lipinski definition) is 4. The molecule has 2 rings (SSSR count). The number of amides is 1. The molecule has 0 aliphatic heterocycles. The first-order valence-corrected chi connectivity index (χ1v) is 6.46. The van der Waals surface area contributed by atoms with Gasteiger partial charge in [-0.1, -0.05) is 25.1 Å². The van der Waals surface area contributed by atoms with Crippen LogP contribution < -0.4 is 11.1 Å². The molecule has 2 aromatic carbocycles. The maximum atomic E-state index is 12.2. The zero-order valence-electron chi connectivity index (χ0n) is 11.5. The van der Waals surface area contributed by atoms with E-state index >= 15 is 0 Å². The molecule has 0 radical (unpaired) electrons. The minimum Gasteiger partial charge on any atom is -0.393 e. The van der Waals surface area contributed by atoms with E-state index < -0.39 is 10.8 Å². The molecule has 1 amide bonds. The lowest BCUT2D eigenvalue weighted by Gasteiger charge is -2.08. The first-order chi connectivity index (χ1) is 10.0. The van der Waals surface area contributed by atoms with Gasteiger partial charge in [0.1, 0.15) is 5.69 Å². The van der Waals surface area contributed by atoms with E-state index in [4.69, 9.17) is 5.73 Å². The van der Waals surface area contributed by atoms with Crippen LogP contribution in [0.25, 0.3) is 0 Å². The number of nitrogens with one attached hydrogen (secondary N) is 1. The van der Waals surface area contributed by atoms with E-state index in [-0.39, 0.29) is 16.9 Å². The van der Waals surface area contributed by atoms with E-state index in [1.807, 2.05) is 25.1 Å². The van der Waals surface area contributed by atoms with Crippen molar-refractivity contribution in [3.8, 4) is 0 Å². The molecule has 0 saturated carbocycles. The Morgan fingerprint density at radius 3 is 2.67 bits per heavy atom. The maximum absolute atomic E-state index is 12.2. The second-order valence-electron chi connectivity index (χ2n) is 4.50. The summed E-state index contributed by atoms with van der Waals surface area (Å²) in [5, 5.41) is 13.5. The molecule has 0 aromatic heterocycles. The van der Waals surface area contributed by atoms with Crippen LogP contribution in [-0.2, 0) is 6.42 Å².